The Balaban J connectivity index is 0.00000300. The molecule has 0 aliphatic carbocycles. The molecule has 0 aliphatic heterocycles. The number of carbonyl (C=O) groups is 1. The minimum absolute atomic E-state index is 0. The third-order valence-corrected chi connectivity index (χ3v) is 5.13. The molecule has 0 bridgehead atoms. The number of aromatic nitrogens is 1. The number of nitrogens with zero attached hydrogens (tertiary/aromatic N) is 4. The second-order valence-electron chi connectivity index (χ2n) is 6.44. The van der Waals surface area contributed by atoms with Crippen molar-refractivity contribution in [2.75, 3.05) is 32.1 Å². The molecule has 0 unspecified atom stereocenters. The zero-order chi connectivity index (χ0) is 20.1. The third-order valence-electron chi connectivity index (χ3n) is 4.07. The van der Waals surface area contributed by atoms with Crippen molar-refractivity contribution in [1.82, 2.24) is 9.88 Å². The number of nitro benzene ring substituents is 1. The first-order valence-corrected chi connectivity index (χ1v) is 9.50. The van der Waals surface area contributed by atoms with Gasteiger partial charge in [0.2, 0.25) is 0 Å². The lowest BCUT2D eigenvalue weighted by Crippen LogP contribution is -2.35. The van der Waals surface area contributed by atoms with Crippen LogP contribution in [0.25, 0.3) is 16.3 Å². The number of carbonyl (C=O) groups excluding carboxylic acids is 1. The zero-order valence-electron chi connectivity index (χ0n) is 16.0. The van der Waals surface area contributed by atoms with Crippen LogP contribution in [0.5, 0.6) is 0 Å². The summed E-state index contributed by atoms with van der Waals surface area (Å²) < 4.78 is 1.03. The van der Waals surface area contributed by atoms with Crippen molar-refractivity contribution in [3.8, 4) is 0 Å². The Hall–Kier alpha value is -2.81. The SMILES string of the molecule is CN(C)CCN(C(=O)/C=C\c1ccc([N+](=O)[O-])cc1)c1nc2ccccc2s1.Cl. The first-order valence-electron chi connectivity index (χ1n) is 8.68. The molecule has 2 aromatic carbocycles. The summed E-state index contributed by atoms with van der Waals surface area (Å²) in [5.74, 6) is -0.181. The quantitative estimate of drug-likeness (QED) is 0.317. The van der Waals surface area contributed by atoms with E-state index in [0.717, 1.165) is 15.8 Å². The molecule has 0 aliphatic rings. The topological polar surface area (TPSA) is 79.6 Å². The highest BCUT2D eigenvalue weighted by molar-refractivity contribution is 7.22. The van der Waals surface area contributed by atoms with Crippen LogP contribution in [0.2, 0.25) is 0 Å². The van der Waals surface area contributed by atoms with Gasteiger partial charge in [0, 0.05) is 31.3 Å². The number of rotatable bonds is 7. The van der Waals surface area contributed by atoms with Gasteiger partial charge in [-0.15, -0.1) is 12.4 Å². The molecule has 0 fully saturated rings. The summed E-state index contributed by atoms with van der Waals surface area (Å²) >= 11 is 1.48. The van der Waals surface area contributed by atoms with Crippen molar-refractivity contribution in [2.24, 2.45) is 0 Å². The van der Waals surface area contributed by atoms with Crippen LogP contribution in [0.4, 0.5) is 10.8 Å². The monoisotopic (exact) mass is 432 g/mol. The predicted octanol–water partition coefficient (Wildman–Crippen LogP) is 4.23. The molecule has 1 heterocycles. The summed E-state index contributed by atoms with van der Waals surface area (Å²) in [7, 11) is 3.90. The van der Waals surface area contributed by atoms with E-state index < -0.39 is 4.92 Å². The molecule has 7 nitrogen and oxygen atoms in total. The maximum Gasteiger partial charge on any atom is 0.269 e. The highest BCUT2D eigenvalue weighted by Gasteiger charge is 2.18. The van der Waals surface area contributed by atoms with E-state index in [2.05, 4.69) is 4.98 Å². The largest absolute Gasteiger partial charge is 0.308 e. The molecule has 0 radical (unpaired) electrons. The van der Waals surface area contributed by atoms with Crippen molar-refractivity contribution in [1.29, 1.82) is 0 Å². The number of hydrogen-bond acceptors (Lipinski definition) is 6. The molecule has 9 heteroatoms. The number of halogens is 1. The standard InChI is InChI=1S/C20H20N4O3S.ClH/c1-22(2)13-14-23(20-21-17-5-3-4-6-18(17)28-20)19(25)12-9-15-7-10-16(11-8-15)24(26)27;/h3-12H,13-14H2,1-2H3;1H/b12-9-;. The molecule has 0 spiro atoms. The van der Waals surface area contributed by atoms with Crippen LogP contribution in [0.15, 0.2) is 54.6 Å². The minimum Gasteiger partial charge on any atom is -0.308 e. The van der Waals surface area contributed by atoms with Gasteiger partial charge in [0.25, 0.3) is 11.6 Å². The van der Waals surface area contributed by atoms with Gasteiger partial charge in [0.15, 0.2) is 5.13 Å². The second kappa shape index (κ2) is 10.1. The lowest BCUT2D eigenvalue weighted by Gasteiger charge is -2.20. The molecule has 152 valence electrons. The maximum atomic E-state index is 12.9. The number of fused-ring (bicyclic) bond motifs is 1. The van der Waals surface area contributed by atoms with E-state index in [1.54, 1.807) is 23.1 Å². The molecule has 0 atom stereocenters. The average molecular weight is 433 g/mol. The predicted molar refractivity (Wildman–Crippen MR) is 120 cm³/mol. The maximum absolute atomic E-state index is 12.9. The van der Waals surface area contributed by atoms with Gasteiger partial charge < -0.3 is 4.90 Å². The number of anilines is 1. The van der Waals surface area contributed by atoms with Crippen LogP contribution < -0.4 is 4.90 Å². The zero-order valence-corrected chi connectivity index (χ0v) is 17.7. The molecule has 0 N–H and O–H groups in total. The van der Waals surface area contributed by atoms with Crippen LogP contribution in [-0.4, -0.2) is 47.9 Å². The summed E-state index contributed by atoms with van der Waals surface area (Å²) in [6.45, 7) is 1.21. The van der Waals surface area contributed by atoms with Gasteiger partial charge in [-0.3, -0.25) is 19.8 Å². The molecule has 0 saturated heterocycles. The Bertz CT molecular complexity index is 985. The molecule has 3 rings (SSSR count). The van der Waals surface area contributed by atoms with Gasteiger partial charge in [0.05, 0.1) is 15.1 Å². The smallest absolute Gasteiger partial charge is 0.269 e. The summed E-state index contributed by atoms with van der Waals surface area (Å²) in [5, 5.41) is 11.4. The Kier molecular flexibility index (Phi) is 7.83. The van der Waals surface area contributed by atoms with Gasteiger partial charge in [-0.1, -0.05) is 23.5 Å². The molecular formula is C20H21ClN4O3S. The van der Waals surface area contributed by atoms with Gasteiger partial charge in [-0.2, -0.15) is 0 Å². The summed E-state index contributed by atoms with van der Waals surface area (Å²) in [6.07, 6.45) is 3.13. The fourth-order valence-corrected chi connectivity index (χ4v) is 3.54. The Morgan fingerprint density at radius 1 is 1.14 bits per heavy atom. The number of non-ortho nitro benzene ring substituents is 1. The van der Waals surface area contributed by atoms with Crippen LogP contribution in [0, 0.1) is 10.1 Å². The molecule has 1 amide bonds. The summed E-state index contributed by atoms with van der Waals surface area (Å²) in [5.41, 5.74) is 1.60. The van der Waals surface area contributed by atoms with Crippen LogP contribution in [0.1, 0.15) is 5.56 Å². The second-order valence-corrected chi connectivity index (χ2v) is 7.45. The Labute approximate surface area is 178 Å². The van der Waals surface area contributed by atoms with Gasteiger partial charge in [-0.05, 0) is 50.0 Å². The van der Waals surface area contributed by atoms with Gasteiger partial charge >= 0.3 is 0 Å². The number of benzene rings is 2. The van der Waals surface area contributed by atoms with Crippen LogP contribution in [-0.2, 0) is 4.79 Å². The fourth-order valence-electron chi connectivity index (χ4n) is 2.54. The van der Waals surface area contributed by atoms with Crippen molar-refractivity contribution < 1.29 is 9.72 Å². The molecule has 1 aromatic heterocycles. The normalized spacial score (nSPS) is 11.0. The number of amides is 1. The summed E-state index contributed by atoms with van der Waals surface area (Å²) in [4.78, 5) is 31.4. The van der Waals surface area contributed by atoms with Crippen molar-refractivity contribution in [3.63, 3.8) is 0 Å². The van der Waals surface area contributed by atoms with Crippen molar-refractivity contribution in [3.05, 3.63) is 70.3 Å². The third kappa shape index (κ3) is 5.83. The van der Waals surface area contributed by atoms with Crippen LogP contribution in [0.3, 0.4) is 0 Å². The molecule has 0 saturated carbocycles. The average Bonchev–Trinajstić information content (AvgIpc) is 3.10. The van der Waals surface area contributed by atoms with E-state index in [0.29, 0.717) is 18.2 Å². The van der Waals surface area contributed by atoms with Crippen LogP contribution >= 0.6 is 23.7 Å². The van der Waals surface area contributed by atoms with Gasteiger partial charge in [-0.25, -0.2) is 4.98 Å². The number of likely N-dealkylation sites (N-methyl/N-ethyl adjacent to an activating group) is 1. The van der Waals surface area contributed by atoms with E-state index in [1.807, 2.05) is 43.3 Å². The van der Waals surface area contributed by atoms with E-state index in [9.17, 15) is 14.9 Å². The van der Waals surface area contributed by atoms with E-state index in [-0.39, 0.29) is 24.0 Å². The first kappa shape index (κ1) is 22.5. The number of hydrogen-bond donors (Lipinski definition) is 0. The molecule has 3 aromatic rings. The minimum atomic E-state index is -0.450. The lowest BCUT2D eigenvalue weighted by atomic mass is 10.2. The Morgan fingerprint density at radius 3 is 2.45 bits per heavy atom. The highest BCUT2D eigenvalue weighted by atomic mass is 35.5. The van der Waals surface area contributed by atoms with Crippen molar-refractivity contribution in [2.45, 2.75) is 0 Å². The lowest BCUT2D eigenvalue weighted by molar-refractivity contribution is -0.384. The number of nitro groups is 1. The summed E-state index contributed by atoms with van der Waals surface area (Å²) in [6, 6.07) is 13.8. The number of para-hydroxylation sites is 1. The molecular weight excluding hydrogens is 412 g/mol. The first-order chi connectivity index (χ1) is 13.4. The van der Waals surface area contributed by atoms with E-state index >= 15 is 0 Å². The van der Waals surface area contributed by atoms with E-state index in [1.165, 1.54) is 29.5 Å². The van der Waals surface area contributed by atoms with Crippen molar-refractivity contribution >= 4 is 56.8 Å². The highest BCUT2D eigenvalue weighted by Crippen LogP contribution is 2.28. The fraction of sp³-hybridized carbons (Fsp3) is 0.200. The van der Waals surface area contributed by atoms with Gasteiger partial charge in [0.1, 0.15) is 0 Å². The Morgan fingerprint density at radius 2 is 1.83 bits per heavy atom. The number of thiazole rings is 1. The molecule has 29 heavy (non-hydrogen) atoms. The van der Waals surface area contributed by atoms with E-state index in [4.69, 9.17) is 0 Å².